The first-order valence-electron chi connectivity index (χ1n) is 6.42. The molecule has 2 heteroatoms. The summed E-state index contributed by atoms with van der Waals surface area (Å²) in [5.41, 5.74) is 7.90. The molecule has 1 aromatic rings. The Morgan fingerprint density at radius 2 is 1.81 bits per heavy atom. The summed E-state index contributed by atoms with van der Waals surface area (Å²) in [7, 11) is 0. The third-order valence-corrected chi connectivity index (χ3v) is 3.41. The van der Waals surface area contributed by atoms with Crippen molar-refractivity contribution in [1.29, 1.82) is 0 Å². The fourth-order valence-electron chi connectivity index (χ4n) is 2.41. The lowest BCUT2D eigenvalue weighted by Gasteiger charge is -2.11. The normalized spacial score (nSPS) is 16.8. The molecule has 0 spiro atoms. The van der Waals surface area contributed by atoms with Crippen molar-refractivity contribution in [3.63, 3.8) is 0 Å². The molecule has 3 N–H and O–H groups in total. The molecule has 0 amide bonds. The van der Waals surface area contributed by atoms with Crippen LogP contribution in [0.1, 0.15) is 37.7 Å². The lowest BCUT2D eigenvalue weighted by Crippen LogP contribution is -2.27. The summed E-state index contributed by atoms with van der Waals surface area (Å²) < 4.78 is 0. The molecule has 1 aliphatic rings. The van der Waals surface area contributed by atoms with Crippen molar-refractivity contribution < 1.29 is 0 Å². The molecule has 0 atom stereocenters. The van der Waals surface area contributed by atoms with Crippen LogP contribution in [0.25, 0.3) is 0 Å². The van der Waals surface area contributed by atoms with E-state index in [-0.39, 0.29) is 0 Å². The van der Waals surface area contributed by atoms with E-state index >= 15 is 0 Å². The summed E-state index contributed by atoms with van der Waals surface area (Å²) in [6.07, 6.45) is 7.95. The van der Waals surface area contributed by atoms with E-state index in [9.17, 15) is 0 Å². The van der Waals surface area contributed by atoms with Gasteiger partial charge in [-0.2, -0.15) is 0 Å². The van der Waals surface area contributed by atoms with Crippen LogP contribution < -0.4 is 11.1 Å². The van der Waals surface area contributed by atoms with Crippen LogP contribution in [0.2, 0.25) is 0 Å². The van der Waals surface area contributed by atoms with Gasteiger partial charge in [0.05, 0.1) is 0 Å². The van der Waals surface area contributed by atoms with Crippen LogP contribution in [0.4, 0.5) is 5.69 Å². The Labute approximate surface area is 98.2 Å². The highest BCUT2D eigenvalue weighted by molar-refractivity contribution is 5.39. The molecule has 0 aliphatic heterocycles. The van der Waals surface area contributed by atoms with Gasteiger partial charge in [-0.05, 0) is 49.9 Å². The third kappa shape index (κ3) is 3.53. The minimum atomic E-state index is 0.798. The quantitative estimate of drug-likeness (QED) is 0.589. The zero-order chi connectivity index (χ0) is 11.2. The summed E-state index contributed by atoms with van der Waals surface area (Å²) in [5.74, 6) is 0. The van der Waals surface area contributed by atoms with Gasteiger partial charge in [-0.25, -0.2) is 0 Å². The second-order valence-electron chi connectivity index (χ2n) is 4.78. The van der Waals surface area contributed by atoms with Gasteiger partial charge in [0.15, 0.2) is 0 Å². The van der Waals surface area contributed by atoms with Gasteiger partial charge < -0.3 is 11.1 Å². The molecule has 0 aromatic heterocycles. The van der Waals surface area contributed by atoms with Gasteiger partial charge >= 0.3 is 0 Å². The Bertz CT molecular complexity index is 299. The van der Waals surface area contributed by atoms with E-state index in [1.165, 1.54) is 37.7 Å². The smallest absolute Gasteiger partial charge is 0.0314 e. The minimum Gasteiger partial charge on any atom is -0.399 e. The van der Waals surface area contributed by atoms with Crippen molar-refractivity contribution >= 4 is 5.69 Å². The molecule has 88 valence electrons. The number of hydrogen-bond acceptors (Lipinski definition) is 2. The second kappa shape index (κ2) is 5.90. The van der Waals surface area contributed by atoms with Crippen LogP contribution >= 0.6 is 0 Å². The molecule has 0 heterocycles. The Kier molecular flexibility index (Phi) is 4.23. The number of benzene rings is 1. The molecule has 2 rings (SSSR count). The van der Waals surface area contributed by atoms with Crippen molar-refractivity contribution in [1.82, 2.24) is 5.32 Å². The van der Waals surface area contributed by atoms with Crippen LogP contribution in [0.15, 0.2) is 24.3 Å². The summed E-state index contributed by atoms with van der Waals surface area (Å²) in [5, 5.41) is 3.64. The first-order chi connectivity index (χ1) is 7.84. The van der Waals surface area contributed by atoms with E-state index in [4.69, 9.17) is 5.73 Å². The maximum absolute atomic E-state index is 5.65. The van der Waals surface area contributed by atoms with E-state index in [2.05, 4.69) is 17.4 Å². The Hall–Kier alpha value is -1.02. The third-order valence-electron chi connectivity index (χ3n) is 3.41. The molecule has 1 aliphatic carbocycles. The van der Waals surface area contributed by atoms with Crippen molar-refractivity contribution in [3.05, 3.63) is 29.8 Å². The molecule has 16 heavy (non-hydrogen) atoms. The van der Waals surface area contributed by atoms with Crippen molar-refractivity contribution in [3.8, 4) is 0 Å². The van der Waals surface area contributed by atoms with Crippen molar-refractivity contribution in [2.75, 3.05) is 12.3 Å². The summed E-state index contributed by atoms with van der Waals surface area (Å²) in [6, 6.07) is 9.03. The lowest BCUT2D eigenvalue weighted by molar-refractivity contribution is 0.515. The zero-order valence-electron chi connectivity index (χ0n) is 9.91. The number of nitrogens with two attached hydrogens (primary N) is 1. The van der Waals surface area contributed by atoms with Crippen LogP contribution in [0.5, 0.6) is 0 Å². The molecule has 0 saturated heterocycles. The number of anilines is 1. The predicted molar refractivity (Wildman–Crippen MR) is 69.4 cm³/mol. The first kappa shape index (κ1) is 11.5. The van der Waals surface area contributed by atoms with Gasteiger partial charge in [-0.15, -0.1) is 0 Å². The molecular formula is C14H22N2. The fraction of sp³-hybridized carbons (Fsp3) is 0.571. The maximum Gasteiger partial charge on any atom is 0.0314 e. The lowest BCUT2D eigenvalue weighted by atomic mass is 10.1. The first-order valence-corrected chi connectivity index (χ1v) is 6.42. The number of nitrogens with one attached hydrogen (secondary N) is 1. The van der Waals surface area contributed by atoms with E-state index in [0.29, 0.717) is 0 Å². The highest BCUT2D eigenvalue weighted by Crippen LogP contribution is 2.17. The largest absolute Gasteiger partial charge is 0.399 e. The molecule has 1 aromatic carbocycles. The molecule has 1 saturated carbocycles. The van der Waals surface area contributed by atoms with Gasteiger partial charge in [0.1, 0.15) is 0 Å². The molecular weight excluding hydrogens is 196 g/mol. The van der Waals surface area contributed by atoms with E-state index < -0.39 is 0 Å². The molecule has 0 bridgehead atoms. The SMILES string of the molecule is Nc1ccc(CCCNC2CCCC2)cc1. The zero-order valence-corrected chi connectivity index (χ0v) is 9.91. The van der Waals surface area contributed by atoms with Gasteiger partial charge in [0, 0.05) is 11.7 Å². The topological polar surface area (TPSA) is 38.0 Å². The Morgan fingerprint density at radius 1 is 1.12 bits per heavy atom. The Morgan fingerprint density at radius 3 is 2.50 bits per heavy atom. The van der Waals surface area contributed by atoms with E-state index in [1.807, 2.05) is 12.1 Å². The Balaban J connectivity index is 1.62. The van der Waals surface area contributed by atoms with E-state index in [1.54, 1.807) is 0 Å². The molecule has 1 fully saturated rings. The molecule has 2 nitrogen and oxygen atoms in total. The minimum absolute atomic E-state index is 0.798. The summed E-state index contributed by atoms with van der Waals surface area (Å²) in [4.78, 5) is 0. The monoisotopic (exact) mass is 218 g/mol. The summed E-state index contributed by atoms with van der Waals surface area (Å²) in [6.45, 7) is 1.15. The highest BCUT2D eigenvalue weighted by Gasteiger charge is 2.12. The number of aryl methyl sites for hydroxylation is 1. The summed E-state index contributed by atoms with van der Waals surface area (Å²) >= 11 is 0. The van der Waals surface area contributed by atoms with Crippen molar-refractivity contribution in [2.45, 2.75) is 44.6 Å². The average Bonchev–Trinajstić information content (AvgIpc) is 2.80. The fourth-order valence-corrected chi connectivity index (χ4v) is 2.41. The van der Waals surface area contributed by atoms with Crippen LogP contribution in [0, 0.1) is 0 Å². The molecule has 0 radical (unpaired) electrons. The second-order valence-corrected chi connectivity index (χ2v) is 4.78. The van der Waals surface area contributed by atoms with Gasteiger partial charge in [-0.1, -0.05) is 25.0 Å². The van der Waals surface area contributed by atoms with Gasteiger partial charge in [0.25, 0.3) is 0 Å². The van der Waals surface area contributed by atoms with Gasteiger partial charge in [-0.3, -0.25) is 0 Å². The van der Waals surface area contributed by atoms with E-state index in [0.717, 1.165) is 24.7 Å². The predicted octanol–water partition coefficient (Wildman–Crippen LogP) is 2.73. The average molecular weight is 218 g/mol. The number of hydrogen-bond donors (Lipinski definition) is 2. The molecule has 0 unspecified atom stereocenters. The standard InChI is InChI=1S/C14H22N2/c15-13-9-7-12(8-10-13)4-3-11-16-14-5-1-2-6-14/h7-10,14,16H,1-6,11,15H2. The highest BCUT2D eigenvalue weighted by atomic mass is 14.9. The van der Waals surface area contributed by atoms with Crippen molar-refractivity contribution in [2.24, 2.45) is 0 Å². The van der Waals surface area contributed by atoms with Crippen LogP contribution in [-0.4, -0.2) is 12.6 Å². The number of rotatable bonds is 5. The van der Waals surface area contributed by atoms with Crippen LogP contribution in [-0.2, 0) is 6.42 Å². The maximum atomic E-state index is 5.65. The van der Waals surface area contributed by atoms with Crippen LogP contribution in [0.3, 0.4) is 0 Å². The van der Waals surface area contributed by atoms with Gasteiger partial charge in [0.2, 0.25) is 0 Å². The number of nitrogen functional groups attached to an aromatic ring is 1.